The molecule has 4 aromatic rings. The molecule has 0 aliphatic rings. The zero-order chi connectivity index (χ0) is 26.3. The highest BCUT2D eigenvalue weighted by molar-refractivity contribution is 9.10. The molecule has 0 spiro atoms. The number of para-hydroxylation sites is 2. The Hall–Kier alpha value is -3.12. The van der Waals surface area contributed by atoms with Crippen LogP contribution in [0.5, 0.6) is 5.75 Å². The van der Waals surface area contributed by atoms with Crippen molar-refractivity contribution in [3.05, 3.63) is 94.2 Å². The van der Waals surface area contributed by atoms with Crippen LogP contribution in [0, 0.1) is 0 Å². The number of carbonyl (C=O) groups is 1. The van der Waals surface area contributed by atoms with Gasteiger partial charge in [0.05, 0.1) is 17.6 Å². The predicted molar refractivity (Wildman–Crippen MR) is 154 cm³/mol. The number of rotatable bonds is 11. The first-order valence-electron chi connectivity index (χ1n) is 13.0. The van der Waals surface area contributed by atoms with Gasteiger partial charge in [0, 0.05) is 29.5 Å². The highest BCUT2D eigenvalue weighted by atomic mass is 79.9. The van der Waals surface area contributed by atoms with Crippen molar-refractivity contribution in [2.75, 3.05) is 13.2 Å². The molecule has 1 aromatic heterocycles. The van der Waals surface area contributed by atoms with Crippen LogP contribution in [-0.4, -0.2) is 28.6 Å². The van der Waals surface area contributed by atoms with Gasteiger partial charge in [-0.3, -0.25) is 4.79 Å². The Morgan fingerprint density at radius 2 is 1.76 bits per heavy atom. The summed E-state index contributed by atoms with van der Waals surface area (Å²) in [6.45, 7) is 8.85. The van der Waals surface area contributed by atoms with Crippen molar-refractivity contribution in [2.24, 2.45) is 0 Å². The Labute approximate surface area is 228 Å². The molecule has 194 valence electrons. The van der Waals surface area contributed by atoms with E-state index in [4.69, 9.17) is 9.72 Å². The number of aromatic nitrogens is 2. The van der Waals surface area contributed by atoms with Crippen LogP contribution in [0.3, 0.4) is 0 Å². The smallest absolute Gasteiger partial charge is 0.251 e. The van der Waals surface area contributed by atoms with Gasteiger partial charge in [-0.1, -0.05) is 67.0 Å². The predicted octanol–water partition coefficient (Wildman–Crippen LogP) is 7.32. The fourth-order valence-corrected chi connectivity index (χ4v) is 4.76. The molecule has 0 bridgehead atoms. The Morgan fingerprint density at radius 1 is 0.973 bits per heavy atom. The number of ether oxygens (including phenoxy) is 1. The normalized spacial score (nSPS) is 11.6. The Balaban J connectivity index is 1.27. The second-order valence-electron chi connectivity index (χ2n) is 10.4. The number of amides is 1. The number of unbranched alkanes of at least 4 members (excludes halogenated alkanes) is 1. The molecule has 0 fully saturated rings. The van der Waals surface area contributed by atoms with Crippen molar-refractivity contribution >= 4 is 32.9 Å². The quantitative estimate of drug-likeness (QED) is 0.195. The van der Waals surface area contributed by atoms with Crippen molar-refractivity contribution in [2.45, 2.75) is 58.4 Å². The SMILES string of the molecule is CC(C)(C)c1ccc(OCCCCn2c(CCCNC(=O)c3cccc(Br)c3)nc3ccccc32)cc1. The van der Waals surface area contributed by atoms with E-state index in [1.165, 1.54) is 5.56 Å². The summed E-state index contributed by atoms with van der Waals surface area (Å²) < 4.78 is 9.21. The fraction of sp³-hybridized carbons (Fsp3) is 0.355. The third-order valence-corrected chi connectivity index (χ3v) is 6.94. The third kappa shape index (κ3) is 7.45. The molecule has 1 amide bonds. The monoisotopic (exact) mass is 561 g/mol. The molecular formula is C31H36BrN3O2. The second-order valence-corrected chi connectivity index (χ2v) is 11.3. The molecule has 1 N–H and O–H groups in total. The topological polar surface area (TPSA) is 56.1 Å². The number of benzene rings is 3. The number of aryl methyl sites for hydroxylation is 2. The first-order valence-corrected chi connectivity index (χ1v) is 13.8. The van der Waals surface area contributed by atoms with E-state index >= 15 is 0 Å². The standard InChI is InChI=1S/C31H36BrN3O2/c1-31(2,3)24-15-17-26(18-16-24)37-21-7-6-20-35-28-13-5-4-12-27(28)34-29(35)14-9-19-33-30(36)23-10-8-11-25(32)22-23/h4-5,8,10-13,15-18,22H,6-7,9,14,19-21H2,1-3H3,(H,33,36). The lowest BCUT2D eigenvalue weighted by molar-refractivity contribution is 0.0953. The number of hydrogen-bond donors (Lipinski definition) is 1. The Bertz CT molecular complexity index is 1320. The molecule has 0 radical (unpaired) electrons. The summed E-state index contributed by atoms with van der Waals surface area (Å²) in [5.74, 6) is 1.94. The average Bonchev–Trinajstić information content (AvgIpc) is 3.23. The number of hydrogen-bond acceptors (Lipinski definition) is 3. The number of nitrogens with one attached hydrogen (secondary N) is 1. The van der Waals surface area contributed by atoms with Gasteiger partial charge in [-0.15, -0.1) is 0 Å². The van der Waals surface area contributed by atoms with E-state index in [-0.39, 0.29) is 11.3 Å². The lowest BCUT2D eigenvalue weighted by Crippen LogP contribution is -2.25. The maximum Gasteiger partial charge on any atom is 0.251 e. The van der Waals surface area contributed by atoms with Crippen LogP contribution >= 0.6 is 15.9 Å². The van der Waals surface area contributed by atoms with E-state index in [0.29, 0.717) is 18.7 Å². The first-order chi connectivity index (χ1) is 17.8. The molecule has 1 heterocycles. The summed E-state index contributed by atoms with van der Waals surface area (Å²) in [5.41, 5.74) is 4.30. The molecular weight excluding hydrogens is 526 g/mol. The van der Waals surface area contributed by atoms with E-state index in [0.717, 1.165) is 59.3 Å². The molecule has 5 nitrogen and oxygen atoms in total. The maximum absolute atomic E-state index is 12.4. The van der Waals surface area contributed by atoms with Crippen LogP contribution in [0.25, 0.3) is 11.0 Å². The Kier molecular flexibility index (Phi) is 9.04. The molecule has 0 unspecified atom stereocenters. The molecule has 37 heavy (non-hydrogen) atoms. The molecule has 0 saturated heterocycles. The summed E-state index contributed by atoms with van der Waals surface area (Å²) in [4.78, 5) is 17.3. The number of carbonyl (C=O) groups excluding carboxylic acids is 1. The van der Waals surface area contributed by atoms with Gasteiger partial charge in [0.1, 0.15) is 11.6 Å². The van der Waals surface area contributed by atoms with Crippen LogP contribution < -0.4 is 10.1 Å². The highest BCUT2D eigenvalue weighted by Gasteiger charge is 2.13. The van der Waals surface area contributed by atoms with E-state index in [1.807, 2.05) is 30.3 Å². The van der Waals surface area contributed by atoms with Crippen LogP contribution in [0.1, 0.15) is 61.8 Å². The van der Waals surface area contributed by atoms with Gasteiger partial charge in [0.2, 0.25) is 0 Å². The minimum Gasteiger partial charge on any atom is -0.494 e. The van der Waals surface area contributed by atoms with Crippen molar-refractivity contribution in [3.8, 4) is 5.75 Å². The summed E-state index contributed by atoms with van der Waals surface area (Å²) in [6, 6.07) is 24.2. The van der Waals surface area contributed by atoms with Crippen LogP contribution in [-0.2, 0) is 18.4 Å². The van der Waals surface area contributed by atoms with Gasteiger partial charge in [-0.25, -0.2) is 4.98 Å². The van der Waals surface area contributed by atoms with E-state index < -0.39 is 0 Å². The first kappa shape index (κ1) is 26.9. The van der Waals surface area contributed by atoms with Crippen molar-refractivity contribution in [1.29, 1.82) is 0 Å². The zero-order valence-electron chi connectivity index (χ0n) is 22.0. The van der Waals surface area contributed by atoms with Crippen molar-refractivity contribution in [1.82, 2.24) is 14.9 Å². The molecule has 0 aliphatic heterocycles. The lowest BCUT2D eigenvalue weighted by Gasteiger charge is -2.19. The van der Waals surface area contributed by atoms with Gasteiger partial charge < -0.3 is 14.6 Å². The minimum atomic E-state index is -0.0529. The number of imidazole rings is 1. The van der Waals surface area contributed by atoms with Gasteiger partial charge in [0.15, 0.2) is 0 Å². The van der Waals surface area contributed by atoms with Crippen molar-refractivity contribution < 1.29 is 9.53 Å². The summed E-state index contributed by atoms with van der Waals surface area (Å²) >= 11 is 3.42. The molecule has 0 aliphatic carbocycles. The van der Waals surface area contributed by atoms with E-state index in [1.54, 1.807) is 0 Å². The summed E-state index contributed by atoms with van der Waals surface area (Å²) in [6.07, 6.45) is 3.61. The zero-order valence-corrected chi connectivity index (χ0v) is 23.6. The molecule has 4 rings (SSSR count). The van der Waals surface area contributed by atoms with E-state index in [9.17, 15) is 4.79 Å². The maximum atomic E-state index is 12.4. The highest BCUT2D eigenvalue weighted by Crippen LogP contribution is 2.24. The third-order valence-electron chi connectivity index (χ3n) is 6.45. The molecule has 3 aromatic carbocycles. The molecule has 0 saturated carbocycles. The molecule has 0 atom stereocenters. The summed E-state index contributed by atoms with van der Waals surface area (Å²) in [5, 5.41) is 3.02. The lowest BCUT2D eigenvalue weighted by atomic mass is 9.87. The number of nitrogens with zero attached hydrogens (tertiary/aromatic N) is 2. The van der Waals surface area contributed by atoms with Gasteiger partial charge in [-0.05, 0) is 72.7 Å². The fourth-order valence-electron chi connectivity index (χ4n) is 4.36. The Morgan fingerprint density at radius 3 is 2.51 bits per heavy atom. The van der Waals surface area contributed by atoms with Gasteiger partial charge in [0.25, 0.3) is 5.91 Å². The number of halogens is 1. The number of fused-ring (bicyclic) bond motifs is 1. The van der Waals surface area contributed by atoms with Crippen molar-refractivity contribution in [3.63, 3.8) is 0 Å². The van der Waals surface area contributed by atoms with Gasteiger partial charge >= 0.3 is 0 Å². The second kappa shape index (κ2) is 12.4. The van der Waals surface area contributed by atoms with E-state index in [2.05, 4.69) is 89.0 Å². The van der Waals surface area contributed by atoms with Crippen LogP contribution in [0.15, 0.2) is 77.3 Å². The largest absolute Gasteiger partial charge is 0.494 e. The minimum absolute atomic E-state index is 0.0529. The van der Waals surface area contributed by atoms with Crippen LogP contribution in [0.4, 0.5) is 0 Å². The summed E-state index contributed by atoms with van der Waals surface area (Å²) in [7, 11) is 0. The molecule has 6 heteroatoms. The average molecular weight is 563 g/mol. The van der Waals surface area contributed by atoms with Crippen LogP contribution in [0.2, 0.25) is 0 Å². The van der Waals surface area contributed by atoms with Gasteiger partial charge in [-0.2, -0.15) is 0 Å².